The zero-order valence-electron chi connectivity index (χ0n) is 13.3. The molecule has 2 nitrogen and oxygen atoms in total. The number of hydrogen-bond acceptors (Lipinski definition) is 2. The summed E-state index contributed by atoms with van der Waals surface area (Å²) in [5.41, 5.74) is 3.79. The molecule has 0 amide bonds. The SMILES string of the molecule is c1cncc(C(Cc2cccc3ccccc23)c2cccnc2)c1. The van der Waals surface area contributed by atoms with Gasteiger partial charge >= 0.3 is 0 Å². The summed E-state index contributed by atoms with van der Waals surface area (Å²) in [5.74, 6) is 0.248. The maximum atomic E-state index is 4.31. The molecular formula is C22H18N2. The number of hydrogen-bond donors (Lipinski definition) is 0. The number of pyridine rings is 2. The normalized spacial score (nSPS) is 11.0. The van der Waals surface area contributed by atoms with Crippen molar-refractivity contribution in [2.75, 3.05) is 0 Å². The average Bonchev–Trinajstić information content (AvgIpc) is 2.67. The summed E-state index contributed by atoms with van der Waals surface area (Å²) in [7, 11) is 0. The van der Waals surface area contributed by atoms with Crippen LogP contribution >= 0.6 is 0 Å². The van der Waals surface area contributed by atoms with Crippen LogP contribution in [0.15, 0.2) is 91.5 Å². The first-order chi connectivity index (χ1) is 11.9. The molecule has 0 aliphatic heterocycles. The highest BCUT2D eigenvalue weighted by atomic mass is 14.6. The van der Waals surface area contributed by atoms with Gasteiger partial charge in [-0.25, -0.2) is 0 Å². The summed E-state index contributed by atoms with van der Waals surface area (Å²) in [6.07, 6.45) is 8.49. The Morgan fingerprint density at radius 2 is 1.33 bits per heavy atom. The van der Waals surface area contributed by atoms with Crippen molar-refractivity contribution < 1.29 is 0 Å². The van der Waals surface area contributed by atoms with Crippen molar-refractivity contribution in [2.45, 2.75) is 12.3 Å². The molecule has 0 atom stereocenters. The molecule has 0 saturated carbocycles. The van der Waals surface area contributed by atoms with Gasteiger partial charge in [0.25, 0.3) is 0 Å². The summed E-state index contributed by atoms with van der Waals surface area (Å²) in [4.78, 5) is 8.63. The fourth-order valence-corrected chi connectivity index (χ4v) is 3.28. The van der Waals surface area contributed by atoms with Crippen molar-refractivity contribution in [1.82, 2.24) is 9.97 Å². The molecule has 0 bridgehead atoms. The topological polar surface area (TPSA) is 25.8 Å². The second kappa shape index (κ2) is 6.63. The molecule has 0 aliphatic rings. The van der Waals surface area contributed by atoms with Gasteiger partial charge in [0.05, 0.1) is 0 Å². The van der Waals surface area contributed by atoms with Crippen LogP contribution in [0.2, 0.25) is 0 Å². The Labute approximate surface area is 141 Å². The van der Waals surface area contributed by atoms with E-state index >= 15 is 0 Å². The van der Waals surface area contributed by atoms with Gasteiger partial charge in [-0.15, -0.1) is 0 Å². The average molecular weight is 310 g/mol. The minimum atomic E-state index is 0.248. The van der Waals surface area contributed by atoms with Crippen LogP contribution in [-0.2, 0) is 6.42 Å². The van der Waals surface area contributed by atoms with Crippen molar-refractivity contribution >= 4 is 10.8 Å². The number of benzene rings is 2. The smallest absolute Gasteiger partial charge is 0.0306 e. The largest absolute Gasteiger partial charge is 0.264 e. The first-order valence-corrected chi connectivity index (χ1v) is 8.18. The Morgan fingerprint density at radius 1 is 0.667 bits per heavy atom. The Balaban J connectivity index is 1.80. The molecule has 0 radical (unpaired) electrons. The van der Waals surface area contributed by atoms with Gasteiger partial charge in [0.1, 0.15) is 0 Å². The van der Waals surface area contributed by atoms with E-state index in [-0.39, 0.29) is 5.92 Å². The predicted octanol–water partition coefficient (Wildman–Crippen LogP) is 5.00. The molecule has 24 heavy (non-hydrogen) atoms. The summed E-state index contributed by atoms with van der Waals surface area (Å²) in [5, 5.41) is 2.60. The van der Waals surface area contributed by atoms with E-state index in [1.54, 1.807) is 0 Å². The van der Waals surface area contributed by atoms with Crippen LogP contribution in [-0.4, -0.2) is 9.97 Å². The highest BCUT2D eigenvalue weighted by Gasteiger charge is 2.16. The first-order valence-electron chi connectivity index (χ1n) is 8.18. The first kappa shape index (κ1) is 14.6. The van der Waals surface area contributed by atoms with Gasteiger partial charge in [-0.3, -0.25) is 9.97 Å². The van der Waals surface area contributed by atoms with Crippen molar-refractivity contribution in [1.29, 1.82) is 0 Å². The molecule has 116 valence electrons. The molecule has 0 aliphatic carbocycles. The van der Waals surface area contributed by atoms with Gasteiger partial charge in [0.2, 0.25) is 0 Å². The summed E-state index contributed by atoms with van der Waals surface area (Å²) in [6.45, 7) is 0. The molecule has 0 fully saturated rings. The standard InChI is InChI=1S/C22H18N2/c1-2-11-21-17(6-1)7-3-8-18(21)14-22(19-9-4-12-23-15-19)20-10-5-13-24-16-20/h1-13,15-16,22H,14H2. The molecule has 4 aromatic rings. The van der Waals surface area contributed by atoms with Crippen molar-refractivity contribution in [3.8, 4) is 0 Å². The van der Waals surface area contributed by atoms with Crippen LogP contribution in [0.3, 0.4) is 0 Å². The number of nitrogens with zero attached hydrogens (tertiary/aromatic N) is 2. The van der Waals surface area contributed by atoms with Crippen LogP contribution < -0.4 is 0 Å². The zero-order chi connectivity index (χ0) is 16.2. The predicted molar refractivity (Wildman–Crippen MR) is 98.0 cm³/mol. The molecular weight excluding hydrogens is 292 g/mol. The third kappa shape index (κ3) is 2.91. The number of aromatic nitrogens is 2. The Morgan fingerprint density at radius 3 is 2.00 bits per heavy atom. The van der Waals surface area contributed by atoms with Gasteiger partial charge in [0.15, 0.2) is 0 Å². The van der Waals surface area contributed by atoms with Crippen LogP contribution in [0, 0.1) is 0 Å². The molecule has 2 aromatic carbocycles. The van der Waals surface area contributed by atoms with E-state index in [0.717, 1.165) is 6.42 Å². The van der Waals surface area contributed by atoms with E-state index in [9.17, 15) is 0 Å². The van der Waals surface area contributed by atoms with E-state index in [1.165, 1.54) is 27.5 Å². The molecule has 0 N–H and O–H groups in total. The minimum absolute atomic E-state index is 0.248. The lowest BCUT2D eigenvalue weighted by atomic mass is 9.86. The van der Waals surface area contributed by atoms with E-state index in [4.69, 9.17) is 0 Å². The van der Waals surface area contributed by atoms with Gasteiger partial charge < -0.3 is 0 Å². The third-order valence-corrected chi connectivity index (χ3v) is 4.48. The second-order valence-electron chi connectivity index (χ2n) is 5.97. The van der Waals surface area contributed by atoms with E-state index in [2.05, 4.69) is 64.6 Å². The molecule has 0 spiro atoms. The minimum Gasteiger partial charge on any atom is -0.264 e. The van der Waals surface area contributed by atoms with Gasteiger partial charge in [0, 0.05) is 30.7 Å². The zero-order valence-corrected chi connectivity index (χ0v) is 13.3. The summed E-state index contributed by atoms with van der Waals surface area (Å²) >= 11 is 0. The molecule has 2 aromatic heterocycles. The lowest BCUT2D eigenvalue weighted by Crippen LogP contribution is -2.06. The van der Waals surface area contributed by atoms with Crippen LogP contribution in [0.1, 0.15) is 22.6 Å². The summed E-state index contributed by atoms with van der Waals surface area (Å²) in [6, 6.07) is 23.4. The summed E-state index contributed by atoms with van der Waals surface area (Å²) < 4.78 is 0. The van der Waals surface area contributed by atoms with Crippen LogP contribution in [0.25, 0.3) is 10.8 Å². The van der Waals surface area contributed by atoms with Crippen LogP contribution in [0.4, 0.5) is 0 Å². The third-order valence-electron chi connectivity index (χ3n) is 4.48. The van der Waals surface area contributed by atoms with Gasteiger partial charge in [-0.2, -0.15) is 0 Å². The lowest BCUT2D eigenvalue weighted by Gasteiger charge is -2.18. The van der Waals surface area contributed by atoms with E-state index in [0.29, 0.717) is 0 Å². The highest BCUT2D eigenvalue weighted by Crippen LogP contribution is 2.30. The second-order valence-corrected chi connectivity index (χ2v) is 5.97. The Kier molecular flexibility index (Phi) is 4.03. The fraction of sp³-hybridized carbons (Fsp3) is 0.0909. The number of rotatable bonds is 4. The van der Waals surface area contributed by atoms with Crippen LogP contribution in [0.5, 0.6) is 0 Å². The fourth-order valence-electron chi connectivity index (χ4n) is 3.28. The Bertz CT molecular complexity index is 889. The molecule has 2 heterocycles. The maximum Gasteiger partial charge on any atom is 0.0306 e. The van der Waals surface area contributed by atoms with Gasteiger partial charge in [-0.1, -0.05) is 54.6 Å². The lowest BCUT2D eigenvalue weighted by molar-refractivity contribution is 0.799. The Hall–Kier alpha value is -3.00. The van der Waals surface area contributed by atoms with E-state index in [1.807, 2.05) is 36.9 Å². The quantitative estimate of drug-likeness (QED) is 0.530. The monoisotopic (exact) mass is 310 g/mol. The van der Waals surface area contributed by atoms with Gasteiger partial charge in [-0.05, 0) is 46.0 Å². The van der Waals surface area contributed by atoms with Crippen molar-refractivity contribution in [2.24, 2.45) is 0 Å². The number of fused-ring (bicyclic) bond motifs is 1. The maximum absolute atomic E-state index is 4.31. The molecule has 4 rings (SSSR count). The van der Waals surface area contributed by atoms with Crippen molar-refractivity contribution in [3.63, 3.8) is 0 Å². The van der Waals surface area contributed by atoms with Crippen molar-refractivity contribution in [3.05, 3.63) is 108 Å². The molecule has 0 saturated heterocycles. The van der Waals surface area contributed by atoms with E-state index < -0.39 is 0 Å². The highest BCUT2D eigenvalue weighted by molar-refractivity contribution is 5.85. The molecule has 2 heteroatoms. The molecule has 0 unspecified atom stereocenters.